The SMILES string of the molecule is CC(O)[C@@H](C(=O)N[C@@H](CO)C(=O)N[C@@H](CCCCN)C(=O)N(C)[C@@H](CO)C(=O)N[C@@H](Cc1ccccc1)C(=O)O)N(C)C(=O)[C@H](CCC(=O)O)NC(=O)[C@@H](N)CO. The van der Waals surface area contributed by atoms with E-state index in [1.807, 2.05) is 0 Å². The zero-order valence-corrected chi connectivity index (χ0v) is 32.1. The summed E-state index contributed by atoms with van der Waals surface area (Å²) in [6.07, 6.45) is -2.25. The van der Waals surface area contributed by atoms with Gasteiger partial charge in [0.1, 0.15) is 42.3 Å². The first-order valence-corrected chi connectivity index (χ1v) is 18.0. The number of nitrogens with two attached hydrogens (primary N) is 2. The number of carbonyl (C=O) groups is 8. The third-order valence-corrected chi connectivity index (χ3v) is 8.85. The summed E-state index contributed by atoms with van der Waals surface area (Å²) in [6.45, 7) is -1.48. The highest BCUT2D eigenvalue weighted by atomic mass is 16.4. The number of likely N-dealkylation sites (N-methyl/N-ethyl adjacent to an activating group) is 2. The van der Waals surface area contributed by atoms with Crippen molar-refractivity contribution in [2.45, 2.75) is 93.8 Å². The van der Waals surface area contributed by atoms with E-state index in [4.69, 9.17) is 16.6 Å². The maximum absolute atomic E-state index is 13.7. The van der Waals surface area contributed by atoms with Gasteiger partial charge in [0.2, 0.25) is 35.4 Å². The molecule has 1 unspecified atom stereocenters. The largest absolute Gasteiger partial charge is 0.481 e. The summed E-state index contributed by atoms with van der Waals surface area (Å²) in [5, 5.41) is 67.9. The Balaban J connectivity index is 3.25. The van der Waals surface area contributed by atoms with Gasteiger partial charge in [-0.1, -0.05) is 30.3 Å². The molecule has 22 nitrogen and oxygen atoms in total. The molecule has 0 saturated carbocycles. The summed E-state index contributed by atoms with van der Waals surface area (Å²) < 4.78 is 0. The quantitative estimate of drug-likeness (QED) is 0.0388. The van der Waals surface area contributed by atoms with Gasteiger partial charge in [0.05, 0.1) is 25.9 Å². The van der Waals surface area contributed by atoms with Gasteiger partial charge < -0.3 is 73.2 Å². The smallest absolute Gasteiger partial charge is 0.326 e. The van der Waals surface area contributed by atoms with E-state index in [0.717, 1.165) is 25.9 Å². The van der Waals surface area contributed by atoms with Gasteiger partial charge in [-0.15, -0.1) is 0 Å². The lowest BCUT2D eigenvalue weighted by atomic mass is 10.0. The number of aliphatic hydroxyl groups excluding tert-OH is 4. The summed E-state index contributed by atoms with van der Waals surface area (Å²) in [5.41, 5.74) is 11.7. The van der Waals surface area contributed by atoms with Gasteiger partial charge in [-0.2, -0.15) is 0 Å². The molecule has 0 aliphatic rings. The fourth-order valence-corrected chi connectivity index (χ4v) is 5.56. The minimum Gasteiger partial charge on any atom is -0.481 e. The molecule has 0 bridgehead atoms. The van der Waals surface area contributed by atoms with E-state index in [1.54, 1.807) is 30.3 Å². The molecule has 0 heterocycles. The highest BCUT2D eigenvalue weighted by Crippen LogP contribution is 2.12. The van der Waals surface area contributed by atoms with Crippen LogP contribution in [-0.2, 0) is 44.8 Å². The molecule has 0 aromatic heterocycles. The molecule has 0 fully saturated rings. The van der Waals surface area contributed by atoms with Crippen LogP contribution in [0.4, 0.5) is 0 Å². The highest BCUT2D eigenvalue weighted by molar-refractivity contribution is 5.97. The summed E-state index contributed by atoms with van der Waals surface area (Å²) >= 11 is 0. The number of unbranched alkanes of at least 4 members (excludes halogenated alkanes) is 1. The molecule has 0 saturated heterocycles. The van der Waals surface area contributed by atoms with E-state index in [9.17, 15) is 63.9 Å². The van der Waals surface area contributed by atoms with Crippen LogP contribution in [0.15, 0.2) is 30.3 Å². The fraction of sp³-hybridized carbons (Fsp3) is 0.600. The predicted octanol–water partition coefficient (Wildman–Crippen LogP) is -5.41. The van der Waals surface area contributed by atoms with Gasteiger partial charge >= 0.3 is 11.9 Å². The molecule has 0 aliphatic carbocycles. The standard InChI is InChI=1S/C35H56N8O14/c1-19(47)28(43(3)34(55)23(12-13-27(48)49)38-29(50)21(37)16-44)32(53)41-25(17-45)30(51)39-22(11-7-8-14-36)33(54)42(2)26(18-46)31(52)40-24(35(56)57)15-20-9-5-4-6-10-20/h4-6,9-10,19,21-26,28,44-47H,7-8,11-18,36-37H2,1-3H3,(H,38,50)(H,39,51)(H,40,52)(H,41,53)(H,48,49)(H,56,57)/t19?,21-,22-,23-,24-,25-,26-,28-/m0/s1. The van der Waals surface area contributed by atoms with Crippen molar-refractivity contribution >= 4 is 47.4 Å². The third kappa shape index (κ3) is 16.0. The van der Waals surface area contributed by atoms with E-state index in [1.165, 1.54) is 0 Å². The van der Waals surface area contributed by atoms with E-state index in [2.05, 4.69) is 21.3 Å². The van der Waals surface area contributed by atoms with Gasteiger partial charge in [-0.3, -0.25) is 33.6 Å². The highest BCUT2D eigenvalue weighted by Gasteiger charge is 2.39. The van der Waals surface area contributed by atoms with Crippen LogP contribution in [0, 0.1) is 0 Å². The number of nitrogens with zero attached hydrogens (tertiary/aromatic N) is 2. The number of nitrogens with one attached hydrogen (secondary N) is 4. The van der Waals surface area contributed by atoms with E-state index < -0.39 is 128 Å². The molecule has 6 amide bonds. The number of benzene rings is 1. The van der Waals surface area contributed by atoms with Gasteiger partial charge in [-0.25, -0.2) is 4.79 Å². The first-order chi connectivity index (χ1) is 26.8. The first kappa shape index (κ1) is 49.8. The van der Waals surface area contributed by atoms with Gasteiger partial charge in [0.25, 0.3) is 0 Å². The molecule has 320 valence electrons. The molecule has 22 heteroatoms. The van der Waals surface area contributed by atoms with E-state index in [0.29, 0.717) is 16.9 Å². The maximum atomic E-state index is 13.7. The summed E-state index contributed by atoms with van der Waals surface area (Å²) in [7, 11) is 2.20. The van der Waals surface area contributed by atoms with Crippen LogP contribution in [0.25, 0.3) is 0 Å². The third-order valence-electron chi connectivity index (χ3n) is 8.85. The minimum absolute atomic E-state index is 0.0688. The van der Waals surface area contributed by atoms with Gasteiger partial charge in [0.15, 0.2) is 0 Å². The Morgan fingerprint density at radius 2 is 1.23 bits per heavy atom. The second kappa shape index (κ2) is 25.1. The lowest BCUT2D eigenvalue weighted by molar-refractivity contribution is -0.147. The number of hydrogen-bond donors (Lipinski definition) is 12. The Labute approximate surface area is 328 Å². The van der Waals surface area contributed by atoms with Crippen LogP contribution in [-0.4, -0.2) is 177 Å². The predicted molar refractivity (Wildman–Crippen MR) is 199 cm³/mol. The Morgan fingerprint density at radius 3 is 1.74 bits per heavy atom. The molecule has 0 aliphatic heterocycles. The van der Waals surface area contributed by atoms with Gasteiger partial charge in [-0.05, 0) is 44.7 Å². The number of hydrogen-bond acceptors (Lipinski definition) is 14. The van der Waals surface area contributed by atoms with Crippen molar-refractivity contribution in [3.05, 3.63) is 35.9 Å². The Morgan fingerprint density at radius 1 is 0.684 bits per heavy atom. The van der Waals surface area contributed by atoms with Crippen molar-refractivity contribution in [3.8, 4) is 0 Å². The Kier molecular flexibility index (Phi) is 21.9. The summed E-state index contributed by atoms with van der Waals surface area (Å²) in [6, 6.07) is -2.71. The minimum atomic E-state index is -1.80. The average molecular weight is 813 g/mol. The van der Waals surface area contributed by atoms with Crippen LogP contribution in [0.5, 0.6) is 0 Å². The fourth-order valence-electron chi connectivity index (χ4n) is 5.56. The molecular formula is C35H56N8O14. The van der Waals surface area contributed by atoms with Crippen molar-refractivity contribution in [1.82, 2.24) is 31.1 Å². The number of amides is 6. The maximum Gasteiger partial charge on any atom is 0.326 e. The van der Waals surface area contributed by atoms with Crippen LogP contribution < -0.4 is 32.7 Å². The summed E-state index contributed by atoms with van der Waals surface area (Å²) in [5.74, 6) is -8.98. The zero-order valence-electron chi connectivity index (χ0n) is 32.1. The van der Waals surface area contributed by atoms with Gasteiger partial charge in [0, 0.05) is 26.9 Å². The molecule has 1 aromatic carbocycles. The van der Waals surface area contributed by atoms with Crippen LogP contribution in [0.2, 0.25) is 0 Å². The van der Waals surface area contributed by atoms with Crippen molar-refractivity contribution in [3.63, 3.8) is 0 Å². The Hall–Kier alpha value is -5.26. The Bertz CT molecular complexity index is 1520. The molecule has 0 spiro atoms. The second-order valence-corrected chi connectivity index (χ2v) is 13.2. The summed E-state index contributed by atoms with van der Waals surface area (Å²) in [4.78, 5) is 104. The molecule has 1 aromatic rings. The number of carboxylic acids is 2. The van der Waals surface area contributed by atoms with Crippen molar-refractivity contribution in [1.29, 1.82) is 0 Å². The molecule has 14 N–H and O–H groups in total. The van der Waals surface area contributed by atoms with Crippen molar-refractivity contribution in [2.75, 3.05) is 40.5 Å². The number of carboxylic acid groups (broad SMARTS) is 2. The zero-order chi connectivity index (χ0) is 43.4. The molecule has 57 heavy (non-hydrogen) atoms. The van der Waals surface area contributed by atoms with E-state index >= 15 is 0 Å². The number of carbonyl (C=O) groups excluding carboxylic acids is 6. The lowest BCUT2D eigenvalue weighted by Gasteiger charge is -2.34. The lowest BCUT2D eigenvalue weighted by Crippen LogP contribution is -2.62. The van der Waals surface area contributed by atoms with E-state index in [-0.39, 0.29) is 25.8 Å². The number of rotatable bonds is 26. The molecular weight excluding hydrogens is 756 g/mol. The van der Waals surface area contributed by atoms with Crippen molar-refractivity contribution in [2.24, 2.45) is 11.5 Å². The monoisotopic (exact) mass is 812 g/mol. The van der Waals surface area contributed by atoms with Crippen molar-refractivity contribution < 1.29 is 69.0 Å². The molecule has 8 atom stereocenters. The number of aliphatic carboxylic acids is 2. The van der Waals surface area contributed by atoms with Crippen LogP contribution in [0.1, 0.15) is 44.6 Å². The number of aliphatic hydroxyl groups is 4. The normalized spacial score (nSPS) is 15.2. The van der Waals surface area contributed by atoms with Crippen LogP contribution in [0.3, 0.4) is 0 Å². The van der Waals surface area contributed by atoms with Crippen LogP contribution >= 0.6 is 0 Å². The molecule has 1 rings (SSSR count). The second-order valence-electron chi connectivity index (χ2n) is 13.2. The topological polar surface area (TPSA) is 365 Å². The average Bonchev–Trinajstić information content (AvgIpc) is 3.17. The molecule has 0 radical (unpaired) electrons. The first-order valence-electron chi connectivity index (χ1n) is 18.0.